The van der Waals surface area contributed by atoms with Crippen molar-refractivity contribution in [1.29, 1.82) is 0 Å². The van der Waals surface area contributed by atoms with Crippen molar-refractivity contribution in [3.05, 3.63) is 49.6 Å². The van der Waals surface area contributed by atoms with Gasteiger partial charge in [-0.25, -0.2) is 0 Å². The maximum atomic E-state index is 5.97. The number of halogens is 3. The first kappa shape index (κ1) is 15.4. The molecule has 1 aromatic heterocycles. The van der Waals surface area contributed by atoms with Crippen LogP contribution in [0.25, 0.3) is 0 Å². The van der Waals surface area contributed by atoms with Crippen molar-refractivity contribution in [3.8, 4) is 5.75 Å². The van der Waals surface area contributed by atoms with Crippen LogP contribution in [0.3, 0.4) is 0 Å². The molecule has 5 heteroatoms. The normalized spacial score (nSPS) is 12.4. The van der Waals surface area contributed by atoms with E-state index in [9.17, 15) is 0 Å². The second-order valence-corrected chi connectivity index (χ2v) is 7.56. The molecule has 19 heavy (non-hydrogen) atoms. The molecule has 0 aliphatic rings. The Morgan fingerprint density at radius 3 is 2.68 bits per heavy atom. The van der Waals surface area contributed by atoms with Gasteiger partial charge in [0.2, 0.25) is 0 Å². The van der Waals surface area contributed by atoms with Crippen LogP contribution in [0.4, 0.5) is 0 Å². The largest absolute Gasteiger partial charge is 0.492 e. The Morgan fingerprint density at radius 1 is 1.32 bits per heavy atom. The van der Waals surface area contributed by atoms with Crippen LogP contribution in [-0.2, 0) is 0 Å². The summed E-state index contributed by atoms with van der Waals surface area (Å²) in [5.74, 6) is 0.884. The van der Waals surface area contributed by atoms with Gasteiger partial charge in [0.15, 0.2) is 0 Å². The Kier molecular flexibility index (Phi) is 5.75. The smallest absolute Gasteiger partial charge is 0.133 e. The molecule has 0 spiro atoms. The second-order valence-electron chi connectivity index (χ2n) is 4.04. The van der Waals surface area contributed by atoms with E-state index in [2.05, 4.69) is 50.9 Å². The van der Waals surface area contributed by atoms with Crippen molar-refractivity contribution in [1.82, 2.24) is 0 Å². The molecule has 1 nitrogen and oxygen atoms in total. The zero-order valence-corrected chi connectivity index (χ0v) is 15.1. The van der Waals surface area contributed by atoms with Crippen molar-refractivity contribution in [2.24, 2.45) is 0 Å². The van der Waals surface area contributed by atoms with E-state index in [-0.39, 0.29) is 4.83 Å². The van der Waals surface area contributed by atoms with Crippen LogP contribution in [0.15, 0.2) is 34.8 Å². The third-order valence-corrected chi connectivity index (χ3v) is 5.79. The van der Waals surface area contributed by atoms with Crippen molar-refractivity contribution in [2.45, 2.75) is 18.2 Å². The molecular weight excluding hydrogens is 411 g/mol. The monoisotopic (exact) mass is 422 g/mol. The van der Waals surface area contributed by atoms with Gasteiger partial charge < -0.3 is 4.74 Å². The minimum atomic E-state index is 0.154. The van der Waals surface area contributed by atoms with Gasteiger partial charge in [0, 0.05) is 4.88 Å². The highest BCUT2D eigenvalue weighted by molar-refractivity contribution is 9.10. The molecule has 0 N–H and O–H groups in total. The summed E-state index contributed by atoms with van der Waals surface area (Å²) in [6.45, 7) is 2.83. The molecule has 0 radical (unpaired) electrons. The lowest BCUT2D eigenvalue weighted by Crippen LogP contribution is -1.97. The van der Waals surface area contributed by atoms with E-state index in [1.165, 1.54) is 10.4 Å². The van der Waals surface area contributed by atoms with E-state index in [0.717, 1.165) is 27.6 Å². The maximum Gasteiger partial charge on any atom is 0.133 e. The Balaban J connectivity index is 2.19. The minimum Gasteiger partial charge on any atom is -0.492 e. The lowest BCUT2D eigenvalue weighted by Gasteiger charge is -2.12. The number of thiophene rings is 1. The number of benzene rings is 1. The van der Waals surface area contributed by atoms with Gasteiger partial charge in [-0.1, -0.05) is 40.5 Å². The topological polar surface area (TPSA) is 9.23 Å². The fourth-order valence-corrected chi connectivity index (χ4v) is 3.93. The first-order valence-corrected chi connectivity index (χ1v) is 8.83. The fraction of sp³-hybridized carbons (Fsp3) is 0.286. The summed E-state index contributed by atoms with van der Waals surface area (Å²) in [5, 5.41) is 0. The van der Waals surface area contributed by atoms with Gasteiger partial charge >= 0.3 is 0 Å². The Bertz CT molecular complexity index is 556. The zero-order chi connectivity index (χ0) is 13.8. The Hall–Kier alpha value is -0.0300. The average Bonchev–Trinajstić information content (AvgIpc) is 2.83. The SMILES string of the molecule is CCCOc1ccc(C(Br)c2ccc(Cl)s2)cc1Br. The van der Waals surface area contributed by atoms with Gasteiger partial charge in [0.05, 0.1) is 20.2 Å². The summed E-state index contributed by atoms with van der Waals surface area (Å²) >= 11 is 14.8. The Morgan fingerprint density at radius 2 is 2.11 bits per heavy atom. The number of hydrogen-bond donors (Lipinski definition) is 0. The van der Waals surface area contributed by atoms with Crippen LogP contribution in [0.5, 0.6) is 5.75 Å². The third-order valence-electron chi connectivity index (χ3n) is 2.55. The standard InChI is InChI=1S/C14H13Br2ClOS/c1-2-7-18-11-4-3-9(8-10(11)15)14(16)12-5-6-13(17)19-12/h3-6,8,14H,2,7H2,1H3. The van der Waals surface area contributed by atoms with Crippen molar-refractivity contribution in [3.63, 3.8) is 0 Å². The molecule has 2 rings (SSSR count). The van der Waals surface area contributed by atoms with E-state index in [0.29, 0.717) is 0 Å². The first-order chi connectivity index (χ1) is 9.11. The van der Waals surface area contributed by atoms with Crippen LogP contribution >= 0.6 is 54.8 Å². The molecule has 1 unspecified atom stereocenters. The van der Waals surface area contributed by atoms with Crippen LogP contribution in [-0.4, -0.2) is 6.61 Å². The van der Waals surface area contributed by atoms with Gasteiger partial charge in [0.1, 0.15) is 5.75 Å². The van der Waals surface area contributed by atoms with Crippen LogP contribution in [0, 0.1) is 0 Å². The lowest BCUT2D eigenvalue weighted by molar-refractivity contribution is 0.315. The molecule has 0 bridgehead atoms. The van der Waals surface area contributed by atoms with Gasteiger partial charge in [0.25, 0.3) is 0 Å². The Labute approximate surface area is 139 Å². The molecule has 0 fully saturated rings. The highest BCUT2D eigenvalue weighted by Crippen LogP contribution is 2.39. The number of ether oxygens (including phenoxy) is 1. The minimum absolute atomic E-state index is 0.154. The van der Waals surface area contributed by atoms with Gasteiger partial charge in [-0.3, -0.25) is 0 Å². The maximum absolute atomic E-state index is 5.97. The van der Waals surface area contributed by atoms with Crippen molar-refractivity contribution >= 4 is 54.8 Å². The summed E-state index contributed by atoms with van der Waals surface area (Å²) in [7, 11) is 0. The summed E-state index contributed by atoms with van der Waals surface area (Å²) in [6.07, 6.45) is 1.00. The third kappa shape index (κ3) is 3.97. The predicted octanol–water partition coefficient (Wildman–Crippen LogP) is 6.44. The molecule has 1 atom stereocenters. The van der Waals surface area contributed by atoms with Gasteiger partial charge in [-0.2, -0.15) is 0 Å². The van der Waals surface area contributed by atoms with E-state index in [4.69, 9.17) is 16.3 Å². The summed E-state index contributed by atoms with van der Waals surface area (Å²) in [6, 6.07) is 10.1. The molecular formula is C14H13Br2ClOS. The van der Waals surface area contributed by atoms with Crippen LogP contribution in [0.1, 0.15) is 28.6 Å². The molecule has 0 saturated carbocycles. The van der Waals surface area contributed by atoms with E-state index < -0.39 is 0 Å². The summed E-state index contributed by atoms with van der Waals surface area (Å²) < 4.78 is 7.43. The summed E-state index contributed by atoms with van der Waals surface area (Å²) in [4.78, 5) is 1.35. The highest BCUT2D eigenvalue weighted by Gasteiger charge is 2.14. The number of alkyl halides is 1. The number of hydrogen-bond acceptors (Lipinski definition) is 2. The first-order valence-electron chi connectivity index (χ1n) is 5.93. The predicted molar refractivity (Wildman–Crippen MR) is 90.0 cm³/mol. The molecule has 0 aliphatic heterocycles. The molecule has 0 saturated heterocycles. The fourth-order valence-electron chi connectivity index (χ4n) is 1.63. The van der Waals surface area contributed by atoms with E-state index in [1.54, 1.807) is 11.3 Å². The van der Waals surface area contributed by atoms with Crippen molar-refractivity contribution in [2.75, 3.05) is 6.61 Å². The molecule has 1 heterocycles. The van der Waals surface area contributed by atoms with Crippen LogP contribution in [0.2, 0.25) is 4.34 Å². The lowest BCUT2D eigenvalue weighted by atomic mass is 10.1. The van der Waals surface area contributed by atoms with E-state index in [1.807, 2.05) is 18.2 Å². The molecule has 102 valence electrons. The molecule has 1 aromatic carbocycles. The summed E-state index contributed by atoms with van der Waals surface area (Å²) in [5.41, 5.74) is 1.18. The van der Waals surface area contributed by atoms with E-state index >= 15 is 0 Å². The molecule has 0 amide bonds. The van der Waals surface area contributed by atoms with Gasteiger partial charge in [-0.15, -0.1) is 11.3 Å². The molecule has 0 aliphatic carbocycles. The zero-order valence-electron chi connectivity index (χ0n) is 10.3. The second kappa shape index (κ2) is 7.11. The molecule has 2 aromatic rings. The quantitative estimate of drug-likeness (QED) is 0.502. The highest BCUT2D eigenvalue weighted by atomic mass is 79.9. The van der Waals surface area contributed by atoms with Crippen LogP contribution < -0.4 is 4.74 Å². The average molecular weight is 425 g/mol. The van der Waals surface area contributed by atoms with Crippen molar-refractivity contribution < 1.29 is 4.74 Å². The van der Waals surface area contributed by atoms with Gasteiger partial charge in [-0.05, 0) is 52.2 Å². The number of rotatable bonds is 5.